The van der Waals surface area contributed by atoms with E-state index in [0.717, 1.165) is 20.4 Å². The molecule has 0 aromatic heterocycles. The summed E-state index contributed by atoms with van der Waals surface area (Å²) in [5, 5.41) is 14.6. The molecule has 0 saturated heterocycles. The maximum Gasteiger partial charge on any atom is 0.271 e. The van der Waals surface area contributed by atoms with Crippen molar-refractivity contribution in [3.05, 3.63) is 135 Å². The molecule has 240 valence electrons. The number of carbonyl (C=O) groups excluding carboxylic acids is 2. The van der Waals surface area contributed by atoms with E-state index in [9.17, 15) is 28.1 Å². The Morgan fingerprint density at radius 1 is 0.870 bits per heavy atom. The fourth-order valence-electron chi connectivity index (χ4n) is 4.82. The van der Waals surface area contributed by atoms with E-state index < -0.39 is 33.4 Å². The van der Waals surface area contributed by atoms with Crippen LogP contribution in [0.15, 0.2) is 119 Å². The van der Waals surface area contributed by atoms with Crippen LogP contribution in [0, 0.1) is 16.0 Å². The molecular weight excluding hydrogens is 672 g/mol. The van der Waals surface area contributed by atoms with E-state index in [-0.39, 0.29) is 41.1 Å². The highest BCUT2D eigenvalue weighted by atomic mass is 79.9. The zero-order chi connectivity index (χ0) is 33.3. The number of amides is 2. The van der Waals surface area contributed by atoms with Gasteiger partial charge in [-0.1, -0.05) is 96.5 Å². The third kappa shape index (κ3) is 9.01. The van der Waals surface area contributed by atoms with Crippen LogP contribution in [-0.2, 0) is 32.6 Å². The number of nitro groups is 1. The molecule has 0 spiro atoms. The number of sulfonamides is 1. The van der Waals surface area contributed by atoms with Crippen molar-refractivity contribution in [2.45, 2.75) is 37.8 Å². The minimum absolute atomic E-state index is 0.000958. The highest BCUT2D eigenvalue weighted by Gasteiger charge is 2.35. The number of anilines is 1. The SMILES string of the molecule is CC(C)CNC(=O)[C@@H](Cc1ccccc1)N(Cc1cccc(Br)c1)C(=O)CN(c1cccc([N+](=O)[O-])c1)S(=O)(=O)c1ccccc1. The number of carbonyl (C=O) groups is 2. The van der Waals surface area contributed by atoms with E-state index in [0.29, 0.717) is 12.1 Å². The molecule has 0 radical (unpaired) electrons. The lowest BCUT2D eigenvalue weighted by Crippen LogP contribution is -2.53. The summed E-state index contributed by atoms with van der Waals surface area (Å²) in [7, 11) is -4.38. The van der Waals surface area contributed by atoms with Crippen molar-refractivity contribution in [2.24, 2.45) is 5.92 Å². The van der Waals surface area contributed by atoms with Gasteiger partial charge in [-0.2, -0.15) is 0 Å². The molecule has 4 aromatic rings. The molecule has 0 fully saturated rings. The third-order valence-electron chi connectivity index (χ3n) is 7.14. The summed E-state index contributed by atoms with van der Waals surface area (Å²) in [4.78, 5) is 40.6. The molecule has 46 heavy (non-hydrogen) atoms. The van der Waals surface area contributed by atoms with Crippen LogP contribution in [0.3, 0.4) is 0 Å². The van der Waals surface area contributed by atoms with Crippen molar-refractivity contribution in [3.63, 3.8) is 0 Å². The van der Waals surface area contributed by atoms with Crippen molar-refractivity contribution in [1.29, 1.82) is 0 Å². The van der Waals surface area contributed by atoms with Gasteiger partial charge in [0.05, 0.1) is 15.5 Å². The quantitative estimate of drug-likeness (QED) is 0.127. The third-order valence-corrected chi connectivity index (χ3v) is 9.42. The monoisotopic (exact) mass is 706 g/mol. The molecule has 1 atom stereocenters. The minimum atomic E-state index is -4.38. The topological polar surface area (TPSA) is 130 Å². The van der Waals surface area contributed by atoms with Gasteiger partial charge in [0.1, 0.15) is 12.6 Å². The zero-order valence-corrected chi connectivity index (χ0v) is 27.9. The van der Waals surface area contributed by atoms with Gasteiger partial charge in [-0.05, 0) is 47.4 Å². The number of halogens is 1. The largest absolute Gasteiger partial charge is 0.354 e. The summed E-state index contributed by atoms with van der Waals surface area (Å²) in [6.45, 7) is 3.59. The molecule has 0 heterocycles. The molecule has 0 aliphatic carbocycles. The van der Waals surface area contributed by atoms with E-state index in [4.69, 9.17) is 0 Å². The van der Waals surface area contributed by atoms with Gasteiger partial charge in [0, 0.05) is 36.1 Å². The standard InChI is InChI=1S/C34H35BrN4O6S/c1-25(2)22-36-34(41)32(20-26-11-5-3-6-12-26)37(23-27-13-9-14-28(35)19-27)33(40)24-38(29-15-10-16-30(21-29)39(42)43)46(44,45)31-17-7-4-8-18-31/h3-19,21,25,32H,20,22-24H2,1-2H3,(H,36,41)/t32-/m1/s1. The first kappa shape index (κ1) is 34.3. The summed E-state index contributed by atoms with van der Waals surface area (Å²) >= 11 is 3.47. The van der Waals surface area contributed by atoms with E-state index in [1.165, 1.54) is 35.2 Å². The maximum atomic E-state index is 14.5. The lowest BCUT2D eigenvalue weighted by Gasteiger charge is -2.34. The number of benzene rings is 4. The number of hydrogen-bond donors (Lipinski definition) is 1. The van der Waals surface area contributed by atoms with Crippen LogP contribution in [0.1, 0.15) is 25.0 Å². The molecule has 2 amide bonds. The molecule has 1 N–H and O–H groups in total. The maximum absolute atomic E-state index is 14.5. The predicted molar refractivity (Wildman–Crippen MR) is 181 cm³/mol. The fraction of sp³-hybridized carbons (Fsp3) is 0.235. The first-order valence-corrected chi connectivity index (χ1v) is 16.9. The summed E-state index contributed by atoms with van der Waals surface area (Å²) in [5.41, 5.74) is 1.13. The lowest BCUT2D eigenvalue weighted by atomic mass is 10.0. The summed E-state index contributed by atoms with van der Waals surface area (Å²) in [6, 6.07) is 28.2. The normalized spacial score (nSPS) is 11.9. The molecule has 0 bridgehead atoms. The van der Waals surface area contributed by atoms with Gasteiger partial charge in [0.2, 0.25) is 11.8 Å². The van der Waals surface area contributed by atoms with Crippen LogP contribution < -0.4 is 9.62 Å². The van der Waals surface area contributed by atoms with Crippen molar-refractivity contribution in [3.8, 4) is 0 Å². The van der Waals surface area contributed by atoms with E-state index >= 15 is 0 Å². The van der Waals surface area contributed by atoms with E-state index in [1.807, 2.05) is 68.4 Å². The Morgan fingerprint density at radius 3 is 2.13 bits per heavy atom. The molecule has 4 rings (SSSR count). The molecule has 0 aliphatic rings. The Morgan fingerprint density at radius 2 is 1.50 bits per heavy atom. The number of rotatable bonds is 14. The van der Waals surface area contributed by atoms with Gasteiger partial charge in [0.15, 0.2) is 0 Å². The van der Waals surface area contributed by atoms with Crippen LogP contribution in [0.2, 0.25) is 0 Å². The Bertz CT molecular complexity index is 1770. The van der Waals surface area contributed by atoms with Gasteiger partial charge >= 0.3 is 0 Å². The molecular formula is C34H35BrN4O6S. The first-order valence-electron chi connectivity index (χ1n) is 14.6. The van der Waals surface area contributed by atoms with Crippen LogP contribution in [0.5, 0.6) is 0 Å². The highest BCUT2D eigenvalue weighted by Crippen LogP contribution is 2.28. The van der Waals surface area contributed by atoms with Gasteiger partial charge < -0.3 is 10.2 Å². The fourth-order valence-corrected chi connectivity index (χ4v) is 6.69. The Labute approximate surface area is 277 Å². The van der Waals surface area contributed by atoms with E-state index in [2.05, 4.69) is 21.2 Å². The van der Waals surface area contributed by atoms with Gasteiger partial charge in [-0.25, -0.2) is 8.42 Å². The van der Waals surface area contributed by atoms with Crippen LogP contribution >= 0.6 is 15.9 Å². The van der Waals surface area contributed by atoms with Crippen LogP contribution in [0.25, 0.3) is 0 Å². The van der Waals surface area contributed by atoms with Crippen LogP contribution in [0.4, 0.5) is 11.4 Å². The van der Waals surface area contributed by atoms with Gasteiger partial charge in [-0.3, -0.25) is 24.0 Å². The van der Waals surface area contributed by atoms with Crippen LogP contribution in [-0.4, -0.2) is 49.2 Å². The summed E-state index contributed by atoms with van der Waals surface area (Å²) in [6.07, 6.45) is 0.173. The first-order chi connectivity index (χ1) is 22.0. The Hall–Kier alpha value is -4.55. The number of nitrogens with zero attached hydrogens (tertiary/aromatic N) is 3. The lowest BCUT2D eigenvalue weighted by molar-refractivity contribution is -0.384. The second-order valence-corrected chi connectivity index (χ2v) is 13.9. The van der Waals surface area contributed by atoms with Crippen molar-refractivity contribution >= 4 is 49.1 Å². The molecule has 0 aliphatic heterocycles. The number of nitrogens with one attached hydrogen (secondary N) is 1. The smallest absolute Gasteiger partial charge is 0.271 e. The average molecular weight is 708 g/mol. The predicted octanol–water partition coefficient (Wildman–Crippen LogP) is 5.96. The molecule has 0 saturated carbocycles. The molecule has 4 aromatic carbocycles. The molecule has 12 heteroatoms. The van der Waals surface area contributed by atoms with E-state index in [1.54, 1.807) is 18.2 Å². The Balaban J connectivity index is 1.82. The molecule has 0 unspecified atom stereocenters. The summed E-state index contributed by atoms with van der Waals surface area (Å²) < 4.78 is 29.7. The number of non-ortho nitro benzene ring substituents is 1. The molecule has 10 nitrogen and oxygen atoms in total. The van der Waals surface area contributed by atoms with Crippen molar-refractivity contribution in [2.75, 3.05) is 17.4 Å². The number of hydrogen-bond acceptors (Lipinski definition) is 6. The highest BCUT2D eigenvalue weighted by molar-refractivity contribution is 9.10. The van der Waals surface area contributed by atoms with Crippen molar-refractivity contribution in [1.82, 2.24) is 10.2 Å². The van der Waals surface area contributed by atoms with Gasteiger partial charge in [0.25, 0.3) is 15.7 Å². The Kier molecular flexibility index (Phi) is 11.7. The van der Waals surface area contributed by atoms with Crippen molar-refractivity contribution < 1.29 is 22.9 Å². The minimum Gasteiger partial charge on any atom is -0.354 e. The second-order valence-electron chi connectivity index (χ2n) is 11.1. The zero-order valence-electron chi connectivity index (χ0n) is 25.5. The van der Waals surface area contributed by atoms with Gasteiger partial charge in [-0.15, -0.1) is 0 Å². The summed E-state index contributed by atoms with van der Waals surface area (Å²) in [5.74, 6) is -0.892. The second kappa shape index (κ2) is 15.6. The number of nitro benzene ring substituents is 1. The average Bonchev–Trinajstić information content (AvgIpc) is 3.04.